The molecule has 9 heavy (non-hydrogen) atoms. The standard InChI is InChI=1S/C7H13NO/c1-3-4-5-8-6-7(2)9/h1,7-9H,4-6H2,2H3. The molecule has 0 amide bonds. The van der Waals surface area contributed by atoms with Crippen molar-refractivity contribution in [2.75, 3.05) is 13.1 Å². The molecule has 0 fully saturated rings. The summed E-state index contributed by atoms with van der Waals surface area (Å²) in [5.41, 5.74) is 0. The van der Waals surface area contributed by atoms with Gasteiger partial charge in [0.1, 0.15) is 0 Å². The Labute approximate surface area is 56.3 Å². The normalized spacial score (nSPS) is 12.6. The minimum absolute atomic E-state index is 0.275. The number of hydrogen-bond acceptors (Lipinski definition) is 2. The lowest BCUT2D eigenvalue weighted by molar-refractivity contribution is 0.192. The average molecular weight is 127 g/mol. The molecule has 0 aromatic heterocycles. The maximum absolute atomic E-state index is 8.74. The van der Waals surface area contributed by atoms with E-state index in [4.69, 9.17) is 11.5 Å². The number of terminal acetylenes is 1. The number of hydrogen-bond donors (Lipinski definition) is 2. The minimum Gasteiger partial charge on any atom is -0.392 e. The zero-order chi connectivity index (χ0) is 7.11. The highest BCUT2D eigenvalue weighted by molar-refractivity contribution is 4.84. The third-order valence-electron chi connectivity index (χ3n) is 0.886. The van der Waals surface area contributed by atoms with E-state index in [0.717, 1.165) is 13.0 Å². The van der Waals surface area contributed by atoms with Crippen molar-refractivity contribution < 1.29 is 5.11 Å². The van der Waals surface area contributed by atoms with Gasteiger partial charge in [-0.15, -0.1) is 12.3 Å². The summed E-state index contributed by atoms with van der Waals surface area (Å²) in [6.07, 6.45) is 5.45. The molecule has 0 aromatic carbocycles. The summed E-state index contributed by atoms with van der Waals surface area (Å²) in [6, 6.07) is 0. The summed E-state index contributed by atoms with van der Waals surface area (Å²) in [5.74, 6) is 2.50. The molecule has 0 saturated carbocycles. The van der Waals surface area contributed by atoms with Crippen LogP contribution in [0.4, 0.5) is 0 Å². The van der Waals surface area contributed by atoms with Crippen molar-refractivity contribution in [2.45, 2.75) is 19.4 Å². The van der Waals surface area contributed by atoms with Crippen molar-refractivity contribution >= 4 is 0 Å². The Morgan fingerprint density at radius 3 is 2.89 bits per heavy atom. The largest absolute Gasteiger partial charge is 0.392 e. The van der Waals surface area contributed by atoms with E-state index in [1.54, 1.807) is 6.92 Å². The molecule has 1 atom stereocenters. The first-order valence-electron chi connectivity index (χ1n) is 3.09. The SMILES string of the molecule is C#CCCNCC(C)O. The third-order valence-corrected chi connectivity index (χ3v) is 0.886. The highest BCUT2D eigenvalue weighted by Crippen LogP contribution is 1.75. The van der Waals surface area contributed by atoms with Gasteiger partial charge >= 0.3 is 0 Å². The second kappa shape index (κ2) is 5.61. The van der Waals surface area contributed by atoms with E-state index in [9.17, 15) is 0 Å². The maximum Gasteiger partial charge on any atom is 0.0636 e. The number of aliphatic hydroxyl groups excluding tert-OH is 1. The van der Waals surface area contributed by atoms with Crippen molar-refractivity contribution in [3.05, 3.63) is 0 Å². The highest BCUT2D eigenvalue weighted by atomic mass is 16.3. The molecule has 0 rings (SSSR count). The lowest BCUT2D eigenvalue weighted by atomic mass is 10.4. The molecule has 0 aliphatic carbocycles. The van der Waals surface area contributed by atoms with Crippen molar-refractivity contribution in [3.8, 4) is 12.3 Å². The van der Waals surface area contributed by atoms with Crippen LogP contribution in [0.5, 0.6) is 0 Å². The molecule has 0 aromatic rings. The van der Waals surface area contributed by atoms with Crippen LogP contribution in [0.2, 0.25) is 0 Å². The van der Waals surface area contributed by atoms with E-state index in [1.807, 2.05) is 0 Å². The van der Waals surface area contributed by atoms with E-state index in [2.05, 4.69) is 11.2 Å². The molecule has 0 saturated heterocycles. The quantitative estimate of drug-likeness (QED) is 0.411. The van der Waals surface area contributed by atoms with Gasteiger partial charge in [-0.3, -0.25) is 0 Å². The Hall–Kier alpha value is -0.520. The first-order valence-corrected chi connectivity index (χ1v) is 3.09. The molecule has 2 N–H and O–H groups in total. The Morgan fingerprint density at radius 2 is 2.44 bits per heavy atom. The fourth-order valence-electron chi connectivity index (χ4n) is 0.472. The highest BCUT2D eigenvalue weighted by Gasteiger charge is 1.90. The molecule has 0 aliphatic heterocycles. The van der Waals surface area contributed by atoms with Crippen molar-refractivity contribution in [1.82, 2.24) is 5.32 Å². The maximum atomic E-state index is 8.74. The van der Waals surface area contributed by atoms with Crippen molar-refractivity contribution in [2.24, 2.45) is 0 Å². The van der Waals surface area contributed by atoms with Gasteiger partial charge in [-0.25, -0.2) is 0 Å². The lowest BCUT2D eigenvalue weighted by Crippen LogP contribution is -2.24. The molecule has 2 heteroatoms. The minimum atomic E-state index is -0.275. The molecule has 1 unspecified atom stereocenters. The Kier molecular flexibility index (Phi) is 5.29. The topological polar surface area (TPSA) is 32.3 Å². The Balaban J connectivity index is 2.85. The zero-order valence-corrected chi connectivity index (χ0v) is 5.72. The van der Waals surface area contributed by atoms with Crippen LogP contribution in [0.15, 0.2) is 0 Å². The third kappa shape index (κ3) is 7.48. The monoisotopic (exact) mass is 127 g/mol. The Bertz CT molecular complexity index is 93.6. The van der Waals surface area contributed by atoms with E-state index in [1.165, 1.54) is 0 Å². The van der Waals surface area contributed by atoms with Crippen LogP contribution in [0.25, 0.3) is 0 Å². The summed E-state index contributed by atoms with van der Waals surface area (Å²) < 4.78 is 0. The molecule has 0 heterocycles. The van der Waals surface area contributed by atoms with Gasteiger partial charge in [0.15, 0.2) is 0 Å². The van der Waals surface area contributed by atoms with Crippen molar-refractivity contribution in [1.29, 1.82) is 0 Å². The van der Waals surface area contributed by atoms with E-state index in [-0.39, 0.29) is 6.10 Å². The summed E-state index contributed by atoms with van der Waals surface area (Å²) in [4.78, 5) is 0. The van der Waals surface area contributed by atoms with Gasteiger partial charge in [-0.2, -0.15) is 0 Å². The van der Waals surface area contributed by atoms with Crippen LogP contribution in [0, 0.1) is 12.3 Å². The number of rotatable bonds is 4. The molecule has 0 radical (unpaired) electrons. The van der Waals surface area contributed by atoms with Gasteiger partial charge in [0.25, 0.3) is 0 Å². The van der Waals surface area contributed by atoms with Crippen LogP contribution in [0.1, 0.15) is 13.3 Å². The van der Waals surface area contributed by atoms with Gasteiger partial charge in [-0.1, -0.05) is 0 Å². The summed E-state index contributed by atoms with van der Waals surface area (Å²) in [5, 5.41) is 11.7. The van der Waals surface area contributed by atoms with E-state index >= 15 is 0 Å². The van der Waals surface area contributed by atoms with Crippen LogP contribution < -0.4 is 5.32 Å². The molecule has 0 spiro atoms. The summed E-state index contributed by atoms with van der Waals surface area (Å²) >= 11 is 0. The molecule has 52 valence electrons. The second-order valence-corrected chi connectivity index (χ2v) is 2.01. The van der Waals surface area contributed by atoms with Crippen LogP contribution in [0.3, 0.4) is 0 Å². The van der Waals surface area contributed by atoms with Crippen molar-refractivity contribution in [3.63, 3.8) is 0 Å². The number of aliphatic hydroxyl groups is 1. The predicted molar refractivity (Wildman–Crippen MR) is 38.0 cm³/mol. The van der Waals surface area contributed by atoms with Gasteiger partial charge in [0, 0.05) is 19.5 Å². The molecular formula is C7H13NO. The fraction of sp³-hybridized carbons (Fsp3) is 0.714. The average Bonchev–Trinajstić information content (AvgIpc) is 1.80. The Morgan fingerprint density at radius 1 is 1.78 bits per heavy atom. The van der Waals surface area contributed by atoms with Gasteiger partial charge < -0.3 is 10.4 Å². The molecular weight excluding hydrogens is 114 g/mol. The van der Waals surface area contributed by atoms with E-state index in [0.29, 0.717) is 6.54 Å². The van der Waals surface area contributed by atoms with Gasteiger partial charge in [0.05, 0.1) is 6.10 Å². The summed E-state index contributed by atoms with van der Waals surface area (Å²) in [6.45, 7) is 3.16. The van der Waals surface area contributed by atoms with Crippen LogP contribution in [-0.4, -0.2) is 24.3 Å². The van der Waals surface area contributed by atoms with Gasteiger partial charge in [-0.05, 0) is 6.92 Å². The summed E-state index contributed by atoms with van der Waals surface area (Å²) in [7, 11) is 0. The molecule has 0 bridgehead atoms. The van der Waals surface area contributed by atoms with Gasteiger partial charge in [0.2, 0.25) is 0 Å². The zero-order valence-electron chi connectivity index (χ0n) is 5.72. The first-order chi connectivity index (χ1) is 4.27. The molecule has 0 aliphatic rings. The lowest BCUT2D eigenvalue weighted by Gasteiger charge is -2.03. The van der Waals surface area contributed by atoms with Crippen LogP contribution >= 0.6 is 0 Å². The molecule has 2 nitrogen and oxygen atoms in total. The number of nitrogens with one attached hydrogen (secondary N) is 1. The first kappa shape index (κ1) is 8.48. The van der Waals surface area contributed by atoms with Crippen LogP contribution in [-0.2, 0) is 0 Å². The van der Waals surface area contributed by atoms with E-state index < -0.39 is 0 Å². The second-order valence-electron chi connectivity index (χ2n) is 2.01. The smallest absolute Gasteiger partial charge is 0.0636 e. The predicted octanol–water partition coefficient (Wildman–Crippen LogP) is -0.0199. The fourth-order valence-corrected chi connectivity index (χ4v) is 0.472.